The molecule has 23 heavy (non-hydrogen) atoms. The molecule has 0 aliphatic rings. The fourth-order valence-electron chi connectivity index (χ4n) is 2.20. The number of carbonyl (C=O) groups excluding carboxylic acids is 1. The Morgan fingerprint density at radius 2 is 2.09 bits per heavy atom. The Morgan fingerprint density at radius 1 is 1.26 bits per heavy atom. The Morgan fingerprint density at radius 3 is 2.83 bits per heavy atom. The van der Waals surface area contributed by atoms with E-state index in [9.17, 15) is 4.79 Å². The van der Waals surface area contributed by atoms with Crippen molar-refractivity contribution in [3.63, 3.8) is 0 Å². The van der Waals surface area contributed by atoms with Crippen LogP contribution in [0.5, 0.6) is 0 Å². The molecule has 0 fully saturated rings. The van der Waals surface area contributed by atoms with Crippen LogP contribution in [-0.2, 0) is 4.79 Å². The van der Waals surface area contributed by atoms with Crippen LogP contribution in [0.4, 0.5) is 16.0 Å². The van der Waals surface area contributed by atoms with Crippen molar-refractivity contribution in [2.24, 2.45) is 0 Å². The van der Waals surface area contributed by atoms with Gasteiger partial charge in [0.2, 0.25) is 5.91 Å². The molecule has 0 atom stereocenters. The average molecular weight is 345 g/mol. The summed E-state index contributed by atoms with van der Waals surface area (Å²) in [5.74, 6) is -0.114. The maximum absolute atomic E-state index is 11.1. The van der Waals surface area contributed by atoms with Gasteiger partial charge in [-0.05, 0) is 25.5 Å². The van der Waals surface area contributed by atoms with Gasteiger partial charge in [-0.1, -0.05) is 34.8 Å². The fraction of sp³-hybridized carbons (Fsp3) is 0.188. The lowest BCUT2D eigenvalue weighted by Gasteiger charge is -1.97. The minimum absolute atomic E-state index is 0.114. The molecule has 0 bridgehead atoms. The Kier molecular flexibility index (Phi) is 4.51. The van der Waals surface area contributed by atoms with Gasteiger partial charge >= 0.3 is 0 Å². The predicted molar refractivity (Wildman–Crippen MR) is 94.7 cm³/mol. The van der Waals surface area contributed by atoms with Crippen molar-refractivity contribution in [2.45, 2.75) is 20.8 Å². The Balaban J connectivity index is 1.81. The number of thiazole rings is 2. The van der Waals surface area contributed by atoms with Gasteiger partial charge in [-0.2, -0.15) is 4.98 Å². The highest BCUT2D eigenvalue weighted by Crippen LogP contribution is 2.33. The Hall–Kier alpha value is -2.09. The second kappa shape index (κ2) is 6.57. The van der Waals surface area contributed by atoms with Crippen LogP contribution in [0.15, 0.2) is 29.6 Å². The molecule has 0 unspecified atom stereocenters. The summed E-state index contributed by atoms with van der Waals surface area (Å²) < 4.78 is 0. The monoisotopic (exact) mass is 345 g/mol. The zero-order chi connectivity index (χ0) is 16.4. The maximum atomic E-state index is 11.1. The van der Waals surface area contributed by atoms with E-state index in [1.807, 2.05) is 18.4 Å². The van der Waals surface area contributed by atoms with Gasteiger partial charge in [0.15, 0.2) is 5.13 Å². The van der Waals surface area contributed by atoms with Crippen molar-refractivity contribution >= 4 is 44.5 Å². The van der Waals surface area contributed by atoms with Crippen molar-refractivity contribution in [1.82, 2.24) is 9.97 Å². The van der Waals surface area contributed by atoms with Gasteiger partial charge in [0.25, 0.3) is 5.13 Å². The van der Waals surface area contributed by atoms with Crippen LogP contribution in [-0.4, -0.2) is 15.9 Å². The average Bonchev–Trinajstić information content (AvgIpc) is 3.05. The number of amides is 1. The first kappa shape index (κ1) is 15.8. The number of benzene rings is 1. The minimum atomic E-state index is -0.114. The van der Waals surface area contributed by atoms with E-state index in [0.717, 1.165) is 27.1 Å². The van der Waals surface area contributed by atoms with Crippen molar-refractivity contribution in [2.75, 3.05) is 5.32 Å². The molecular weight excluding hydrogens is 328 g/mol. The number of quaternary nitrogens is 1. The van der Waals surface area contributed by atoms with Crippen LogP contribution >= 0.6 is 22.7 Å². The quantitative estimate of drug-likeness (QED) is 0.712. The lowest BCUT2D eigenvalue weighted by Crippen LogP contribution is -2.70. The molecule has 1 amide bonds. The van der Waals surface area contributed by atoms with Crippen molar-refractivity contribution in [3.8, 4) is 10.6 Å². The molecule has 2 heterocycles. The van der Waals surface area contributed by atoms with Crippen molar-refractivity contribution in [3.05, 3.63) is 40.9 Å². The van der Waals surface area contributed by atoms with Gasteiger partial charge in [-0.25, -0.2) is 4.98 Å². The van der Waals surface area contributed by atoms with Crippen LogP contribution in [0.3, 0.4) is 0 Å². The number of hydrogen-bond acceptors (Lipinski definition) is 5. The molecule has 3 N–H and O–H groups in total. The van der Waals surface area contributed by atoms with E-state index in [2.05, 4.69) is 45.7 Å². The molecule has 2 aromatic heterocycles. The molecule has 0 radical (unpaired) electrons. The molecule has 0 aliphatic carbocycles. The summed E-state index contributed by atoms with van der Waals surface area (Å²) in [4.78, 5) is 21.2. The summed E-state index contributed by atoms with van der Waals surface area (Å²) in [5, 5.41) is 8.40. The molecule has 0 saturated carbocycles. The number of carbonyl (C=O) groups is 1. The third-order valence-corrected chi connectivity index (χ3v) is 5.05. The van der Waals surface area contributed by atoms with Gasteiger partial charge < -0.3 is 5.32 Å². The smallest absolute Gasteiger partial charge is 0.288 e. The number of nitrogens with two attached hydrogens (primary N) is 1. The molecule has 3 aromatic rings. The van der Waals surface area contributed by atoms with Crippen LogP contribution in [0.25, 0.3) is 10.6 Å². The lowest BCUT2D eigenvalue weighted by molar-refractivity contribution is -0.478. The highest BCUT2D eigenvalue weighted by Gasteiger charge is 2.15. The van der Waals surface area contributed by atoms with Crippen molar-refractivity contribution in [1.29, 1.82) is 0 Å². The van der Waals surface area contributed by atoms with E-state index in [-0.39, 0.29) is 5.91 Å². The van der Waals surface area contributed by atoms with Crippen LogP contribution in [0.1, 0.15) is 18.2 Å². The van der Waals surface area contributed by atoms with Gasteiger partial charge in [-0.15, -0.1) is 0 Å². The second-order valence-electron chi connectivity index (χ2n) is 5.24. The van der Waals surface area contributed by atoms with Gasteiger partial charge in [-0.3, -0.25) is 10.1 Å². The summed E-state index contributed by atoms with van der Waals surface area (Å²) in [7, 11) is 0. The first-order chi connectivity index (χ1) is 11.0. The number of anilines is 1. The number of nitrogens with zero attached hydrogens (tertiary/aromatic N) is 2. The first-order valence-corrected chi connectivity index (χ1v) is 8.83. The number of hydrogen-bond donors (Lipinski definition) is 2. The van der Waals surface area contributed by atoms with Crippen molar-refractivity contribution < 1.29 is 10.1 Å². The van der Waals surface area contributed by atoms with Crippen LogP contribution < -0.4 is 10.6 Å². The minimum Gasteiger partial charge on any atom is -0.302 e. The summed E-state index contributed by atoms with van der Waals surface area (Å²) >= 11 is 3.05. The Labute approximate surface area is 142 Å². The molecule has 1 aromatic carbocycles. The van der Waals surface area contributed by atoms with Gasteiger partial charge in [0.1, 0.15) is 5.69 Å². The van der Waals surface area contributed by atoms with E-state index in [0.29, 0.717) is 5.13 Å². The first-order valence-electron chi connectivity index (χ1n) is 7.13. The molecule has 7 heteroatoms. The zero-order valence-corrected chi connectivity index (χ0v) is 14.7. The van der Waals surface area contributed by atoms with Gasteiger partial charge in [0, 0.05) is 18.4 Å². The van der Waals surface area contributed by atoms with Gasteiger partial charge in [0.05, 0.1) is 16.3 Å². The summed E-state index contributed by atoms with van der Waals surface area (Å²) in [6.07, 6.45) is 0. The number of aryl methyl sites for hydroxylation is 2. The second-order valence-corrected chi connectivity index (χ2v) is 7.13. The summed E-state index contributed by atoms with van der Waals surface area (Å²) in [5.41, 5.74) is 4.16. The largest absolute Gasteiger partial charge is 0.302 e. The predicted octanol–water partition coefficient (Wildman–Crippen LogP) is 3.37. The van der Waals surface area contributed by atoms with E-state index in [4.69, 9.17) is 0 Å². The van der Waals surface area contributed by atoms with E-state index in [1.165, 1.54) is 23.8 Å². The zero-order valence-electron chi connectivity index (χ0n) is 13.1. The molecule has 0 spiro atoms. The standard InChI is InChI=1S/C16H16N4OS2/c1-9-5-4-6-12(7-9)19-15-20-13(8-22-15)14-10(2)17-16(23-14)18-11(3)21/h4-8H,1-3H3,(H,19,20)(H,17,18,21)/p+1. The highest BCUT2D eigenvalue weighted by molar-refractivity contribution is 7.19. The third-order valence-electron chi connectivity index (χ3n) is 3.17. The molecular formula is C16H17N4OS2+. The molecule has 118 valence electrons. The normalized spacial score (nSPS) is 10.7. The number of nitrogens with one attached hydrogen (secondary N) is 1. The molecule has 5 nitrogen and oxygen atoms in total. The fourth-order valence-corrected chi connectivity index (χ4v) is 4.00. The van der Waals surface area contributed by atoms with E-state index >= 15 is 0 Å². The molecule has 3 rings (SSSR count). The van der Waals surface area contributed by atoms with E-state index in [1.54, 1.807) is 11.3 Å². The van der Waals surface area contributed by atoms with Crippen LogP contribution in [0, 0.1) is 13.8 Å². The highest BCUT2D eigenvalue weighted by atomic mass is 32.1. The molecule has 0 aliphatic heterocycles. The van der Waals surface area contributed by atoms with E-state index < -0.39 is 0 Å². The SMILES string of the molecule is CC(=O)Nc1nc(C)c(-c2csc([NH2+]c3cccc(C)c3)n2)s1. The third kappa shape index (κ3) is 3.82. The summed E-state index contributed by atoms with van der Waals surface area (Å²) in [6, 6.07) is 8.33. The maximum Gasteiger partial charge on any atom is 0.288 e. The lowest BCUT2D eigenvalue weighted by atomic mass is 10.2. The molecule has 0 saturated heterocycles. The topological polar surface area (TPSA) is 71.5 Å². The number of aromatic nitrogens is 2. The summed E-state index contributed by atoms with van der Waals surface area (Å²) in [6.45, 7) is 5.49. The van der Waals surface area contributed by atoms with Crippen LogP contribution in [0.2, 0.25) is 0 Å². The Bertz CT molecular complexity index is 853. The number of rotatable bonds is 4.